The highest BCUT2D eigenvalue weighted by Gasteiger charge is 2.18. The first-order valence-corrected chi connectivity index (χ1v) is 13.4. The van der Waals surface area contributed by atoms with Gasteiger partial charge in [0, 0.05) is 42.0 Å². The standard InChI is InChI=1S/C29H34N8O/c1-4-7-11-24-20-37(28-21(10-5-2)16-17-35(28)6-3)29(38)36(24)19-23-15-14-22(18-30-23)25-12-8-9-13-26(25)27-31-33-34-32-27/h8-9,12-18,20H,4-7,10-11,19H2,1-3H3,(H,31,32,33,34). The zero-order valence-corrected chi connectivity index (χ0v) is 22.3. The van der Waals surface area contributed by atoms with E-state index in [4.69, 9.17) is 4.98 Å². The van der Waals surface area contributed by atoms with Crippen LogP contribution in [-0.4, -0.2) is 39.3 Å². The Balaban J connectivity index is 1.49. The minimum atomic E-state index is -0.0183. The van der Waals surface area contributed by atoms with E-state index in [2.05, 4.69) is 58.2 Å². The summed E-state index contributed by atoms with van der Waals surface area (Å²) in [5.74, 6) is 1.52. The van der Waals surface area contributed by atoms with E-state index < -0.39 is 0 Å². The summed E-state index contributed by atoms with van der Waals surface area (Å²) in [5, 5.41) is 14.5. The van der Waals surface area contributed by atoms with E-state index in [-0.39, 0.29) is 5.69 Å². The number of hydrogen-bond donors (Lipinski definition) is 1. The fourth-order valence-corrected chi connectivity index (χ4v) is 4.97. The minimum Gasteiger partial charge on any atom is -0.334 e. The average Bonchev–Trinajstić information content (AvgIpc) is 3.69. The normalized spacial score (nSPS) is 11.3. The van der Waals surface area contributed by atoms with Crippen molar-refractivity contribution in [3.63, 3.8) is 0 Å². The monoisotopic (exact) mass is 510 g/mol. The van der Waals surface area contributed by atoms with E-state index in [1.54, 1.807) is 0 Å². The van der Waals surface area contributed by atoms with E-state index in [0.29, 0.717) is 12.4 Å². The van der Waals surface area contributed by atoms with Gasteiger partial charge < -0.3 is 4.57 Å². The SMILES string of the molecule is CCCCc1cn(-c2c(CCC)ccn2CC)c(=O)n1Cc1ccc(-c2ccccc2-c2nn[nH]n2)cn1. The Bertz CT molecular complexity index is 1540. The Kier molecular flexibility index (Phi) is 7.62. The molecule has 9 heteroatoms. The summed E-state index contributed by atoms with van der Waals surface area (Å²) >= 11 is 0. The molecule has 0 amide bonds. The predicted octanol–water partition coefficient (Wildman–Crippen LogP) is 5.05. The lowest BCUT2D eigenvalue weighted by Gasteiger charge is -2.10. The van der Waals surface area contributed by atoms with Crippen molar-refractivity contribution in [1.82, 2.24) is 39.3 Å². The molecule has 9 nitrogen and oxygen atoms in total. The van der Waals surface area contributed by atoms with Gasteiger partial charge in [-0.25, -0.2) is 4.79 Å². The lowest BCUT2D eigenvalue weighted by Crippen LogP contribution is -2.26. The van der Waals surface area contributed by atoms with Crippen molar-refractivity contribution in [2.75, 3.05) is 0 Å². The number of H-pyrrole nitrogens is 1. The summed E-state index contributed by atoms with van der Waals surface area (Å²) < 4.78 is 5.89. The minimum absolute atomic E-state index is 0.0183. The molecule has 0 aliphatic rings. The molecule has 0 spiro atoms. The van der Waals surface area contributed by atoms with Crippen molar-refractivity contribution in [2.24, 2.45) is 0 Å². The zero-order valence-electron chi connectivity index (χ0n) is 22.3. The van der Waals surface area contributed by atoms with E-state index in [1.807, 2.05) is 57.9 Å². The van der Waals surface area contributed by atoms with Gasteiger partial charge in [0.25, 0.3) is 0 Å². The van der Waals surface area contributed by atoms with Crippen LogP contribution in [0.1, 0.15) is 57.0 Å². The number of aromatic amines is 1. The van der Waals surface area contributed by atoms with Crippen LogP contribution in [0, 0.1) is 0 Å². The van der Waals surface area contributed by atoms with E-state index in [0.717, 1.165) is 72.5 Å². The molecular formula is C29H34N8O. The van der Waals surface area contributed by atoms with Gasteiger partial charge in [-0.05, 0) is 54.7 Å². The first-order valence-electron chi connectivity index (χ1n) is 13.4. The molecule has 4 aromatic heterocycles. The molecule has 1 N–H and O–H groups in total. The maximum atomic E-state index is 13.8. The highest BCUT2D eigenvalue weighted by Crippen LogP contribution is 2.29. The Morgan fingerprint density at radius 1 is 0.947 bits per heavy atom. The number of nitrogens with zero attached hydrogens (tertiary/aromatic N) is 7. The predicted molar refractivity (Wildman–Crippen MR) is 148 cm³/mol. The fourth-order valence-electron chi connectivity index (χ4n) is 4.97. The lowest BCUT2D eigenvalue weighted by molar-refractivity contribution is 0.655. The van der Waals surface area contributed by atoms with Crippen LogP contribution >= 0.6 is 0 Å². The average molecular weight is 511 g/mol. The number of aromatic nitrogens is 8. The molecule has 4 heterocycles. The van der Waals surface area contributed by atoms with Crippen molar-refractivity contribution in [3.8, 4) is 28.3 Å². The van der Waals surface area contributed by atoms with Crippen LogP contribution in [0.2, 0.25) is 0 Å². The molecule has 0 unspecified atom stereocenters. The van der Waals surface area contributed by atoms with Gasteiger partial charge >= 0.3 is 5.69 Å². The van der Waals surface area contributed by atoms with Crippen LogP contribution in [0.15, 0.2) is 65.8 Å². The van der Waals surface area contributed by atoms with Crippen LogP contribution in [0.25, 0.3) is 28.3 Å². The number of nitrogens with one attached hydrogen (secondary N) is 1. The second-order valence-electron chi connectivity index (χ2n) is 9.48. The van der Waals surface area contributed by atoms with Gasteiger partial charge in [-0.2, -0.15) is 5.21 Å². The first-order chi connectivity index (χ1) is 18.6. The van der Waals surface area contributed by atoms with Gasteiger partial charge in [-0.3, -0.25) is 14.1 Å². The number of rotatable bonds is 11. The number of aryl methyl sites for hydroxylation is 3. The molecule has 0 saturated carbocycles. The lowest BCUT2D eigenvalue weighted by atomic mass is 10.0. The number of benzene rings is 1. The molecule has 38 heavy (non-hydrogen) atoms. The van der Waals surface area contributed by atoms with E-state index in [1.165, 1.54) is 5.56 Å². The van der Waals surface area contributed by atoms with Crippen LogP contribution < -0.4 is 5.69 Å². The molecule has 0 aliphatic heterocycles. The molecule has 196 valence electrons. The number of tetrazole rings is 1. The van der Waals surface area contributed by atoms with Crippen molar-refractivity contribution >= 4 is 0 Å². The molecule has 0 bridgehead atoms. The summed E-state index contributed by atoms with van der Waals surface area (Å²) in [4.78, 5) is 18.6. The summed E-state index contributed by atoms with van der Waals surface area (Å²) in [6.07, 6.45) is 10.9. The second kappa shape index (κ2) is 11.4. The summed E-state index contributed by atoms with van der Waals surface area (Å²) in [7, 11) is 0. The third kappa shape index (κ3) is 4.96. The van der Waals surface area contributed by atoms with Crippen LogP contribution in [0.3, 0.4) is 0 Å². The number of hydrogen-bond acceptors (Lipinski definition) is 5. The first kappa shape index (κ1) is 25.4. The van der Waals surface area contributed by atoms with Gasteiger partial charge in [-0.15, -0.1) is 10.2 Å². The van der Waals surface area contributed by atoms with Crippen molar-refractivity contribution < 1.29 is 0 Å². The molecular weight excluding hydrogens is 476 g/mol. The van der Waals surface area contributed by atoms with Crippen molar-refractivity contribution in [1.29, 1.82) is 0 Å². The van der Waals surface area contributed by atoms with Gasteiger partial charge in [0.2, 0.25) is 5.82 Å². The van der Waals surface area contributed by atoms with Gasteiger partial charge in [0.1, 0.15) is 5.82 Å². The Morgan fingerprint density at radius 3 is 2.47 bits per heavy atom. The van der Waals surface area contributed by atoms with Gasteiger partial charge in [0.15, 0.2) is 0 Å². The molecule has 0 radical (unpaired) electrons. The molecule has 5 rings (SSSR count). The van der Waals surface area contributed by atoms with Crippen molar-refractivity contribution in [3.05, 3.63) is 88.5 Å². The summed E-state index contributed by atoms with van der Waals surface area (Å²) in [6, 6.07) is 14.1. The molecule has 0 saturated heterocycles. The quantitative estimate of drug-likeness (QED) is 0.268. The molecule has 0 atom stereocenters. The van der Waals surface area contributed by atoms with Crippen LogP contribution in [-0.2, 0) is 25.9 Å². The maximum absolute atomic E-state index is 13.8. The number of pyridine rings is 1. The topological polar surface area (TPSA) is 99.2 Å². The fraction of sp³-hybridized carbons (Fsp3) is 0.345. The molecule has 1 aromatic carbocycles. The Labute approximate surface area is 222 Å². The highest BCUT2D eigenvalue weighted by molar-refractivity contribution is 5.79. The molecule has 0 aliphatic carbocycles. The summed E-state index contributed by atoms with van der Waals surface area (Å²) in [5.41, 5.74) is 5.87. The third-order valence-electron chi connectivity index (χ3n) is 6.92. The Hall–Kier alpha value is -4.27. The third-order valence-corrected chi connectivity index (χ3v) is 6.92. The van der Waals surface area contributed by atoms with E-state index >= 15 is 0 Å². The van der Waals surface area contributed by atoms with E-state index in [9.17, 15) is 4.79 Å². The second-order valence-corrected chi connectivity index (χ2v) is 9.48. The van der Waals surface area contributed by atoms with Crippen molar-refractivity contribution in [2.45, 2.75) is 66.0 Å². The molecule has 5 aromatic rings. The summed E-state index contributed by atoms with van der Waals surface area (Å²) in [6.45, 7) is 7.70. The van der Waals surface area contributed by atoms with Gasteiger partial charge in [-0.1, -0.05) is 57.0 Å². The van der Waals surface area contributed by atoms with Crippen LogP contribution in [0.4, 0.5) is 0 Å². The zero-order chi connectivity index (χ0) is 26.5. The number of imidazole rings is 1. The Morgan fingerprint density at radius 2 is 1.79 bits per heavy atom. The smallest absolute Gasteiger partial charge is 0.334 e. The highest BCUT2D eigenvalue weighted by atomic mass is 16.1. The van der Waals surface area contributed by atoms with Gasteiger partial charge in [0.05, 0.1) is 12.2 Å². The number of unbranched alkanes of at least 4 members (excludes halogenated alkanes) is 1. The van der Waals surface area contributed by atoms with Crippen LogP contribution in [0.5, 0.6) is 0 Å². The largest absolute Gasteiger partial charge is 0.334 e. The molecule has 0 fully saturated rings. The maximum Gasteiger partial charge on any atom is 0.334 e.